The summed E-state index contributed by atoms with van der Waals surface area (Å²) in [5, 5.41) is 0. The van der Waals surface area contributed by atoms with Gasteiger partial charge in [-0.25, -0.2) is 0 Å². The maximum Gasteiger partial charge on any atom is 0.251 e. The molecule has 1 aliphatic carbocycles. The number of amides is 1. The van der Waals surface area contributed by atoms with Crippen LogP contribution in [0.5, 0.6) is 0 Å². The van der Waals surface area contributed by atoms with Crippen molar-refractivity contribution in [3.05, 3.63) is 0 Å². The SMILES string of the molecule is CCC1CCC(N(C)C(=O)[C@@H]2CC[C@H](CN)O2)CC1.Cl. The summed E-state index contributed by atoms with van der Waals surface area (Å²) in [7, 11) is 1.94. The van der Waals surface area contributed by atoms with Crippen LogP contribution in [0.2, 0.25) is 0 Å². The van der Waals surface area contributed by atoms with Crippen molar-refractivity contribution in [2.45, 2.75) is 70.1 Å². The van der Waals surface area contributed by atoms with E-state index in [1.54, 1.807) is 0 Å². The van der Waals surface area contributed by atoms with Gasteiger partial charge in [0.2, 0.25) is 0 Å². The Morgan fingerprint density at radius 2 is 1.85 bits per heavy atom. The fraction of sp³-hybridized carbons (Fsp3) is 0.933. The van der Waals surface area contributed by atoms with E-state index < -0.39 is 0 Å². The second-order valence-electron chi connectivity index (χ2n) is 6.09. The molecule has 2 fully saturated rings. The zero-order valence-corrected chi connectivity index (χ0v) is 13.5. The Kier molecular flexibility index (Phi) is 7.27. The van der Waals surface area contributed by atoms with E-state index >= 15 is 0 Å². The van der Waals surface area contributed by atoms with Crippen LogP contribution in [-0.4, -0.2) is 42.6 Å². The number of carbonyl (C=O) groups excluding carboxylic acids is 1. The number of hydrogen-bond acceptors (Lipinski definition) is 3. The summed E-state index contributed by atoms with van der Waals surface area (Å²) in [4.78, 5) is 14.4. The molecule has 1 saturated heterocycles. The molecule has 1 saturated carbocycles. The number of likely N-dealkylation sites (N-methyl/N-ethyl adjacent to an activating group) is 1. The molecule has 20 heavy (non-hydrogen) atoms. The minimum Gasteiger partial charge on any atom is -0.364 e. The van der Waals surface area contributed by atoms with E-state index in [0.717, 1.165) is 31.6 Å². The monoisotopic (exact) mass is 304 g/mol. The van der Waals surface area contributed by atoms with E-state index in [1.807, 2.05) is 11.9 Å². The lowest BCUT2D eigenvalue weighted by Crippen LogP contribution is -2.44. The van der Waals surface area contributed by atoms with Crippen LogP contribution < -0.4 is 5.73 Å². The summed E-state index contributed by atoms with van der Waals surface area (Å²) < 4.78 is 5.71. The van der Waals surface area contributed by atoms with Gasteiger partial charge in [-0.1, -0.05) is 13.3 Å². The maximum absolute atomic E-state index is 12.4. The average Bonchev–Trinajstić information content (AvgIpc) is 2.94. The summed E-state index contributed by atoms with van der Waals surface area (Å²) in [6.45, 7) is 2.79. The molecule has 5 heteroatoms. The Balaban J connectivity index is 0.00000200. The Bertz CT molecular complexity index is 306. The first-order valence-corrected chi connectivity index (χ1v) is 7.77. The fourth-order valence-electron chi connectivity index (χ4n) is 3.41. The lowest BCUT2D eigenvalue weighted by atomic mass is 9.84. The van der Waals surface area contributed by atoms with E-state index in [1.165, 1.54) is 19.3 Å². The van der Waals surface area contributed by atoms with Gasteiger partial charge in [0.1, 0.15) is 6.10 Å². The number of nitrogens with two attached hydrogens (primary N) is 1. The topological polar surface area (TPSA) is 55.6 Å². The number of nitrogens with zero attached hydrogens (tertiary/aromatic N) is 1. The van der Waals surface area contributed by atoms with Crippen molar-refractivity contribution in [3.8, 4) is 0 Å². The van der Waals surface area contributed by atoms with Gasteiger partial charge in [0.05, 0.1) is 6.10 Å². The molecular formula is C15H29ClN2O2. The molecule has 2 rings (SSSR count). The van der Waals surface area contributed by atoms with Gasteiger partial charge in [0.15, 0.2) is 0 Å². The summed E-state index contributed by atoms with van der Waals surface area (Å²) in [6.07, 6.45) is 7.67. The van der Waals surface area contributed by atoms with Crippen LogP contribution >= 0.6 is 12.4 Å². The minimum absolute atomic E-state index is 0. The van der Waals surface area contributed by atoms with Gasteiger partial charge in [0, 0.05) is 19.6 Å². The largest absolute Gasteiger partial charge is 0.364 e. The molecule has 1 aliphatic heterocycles. The van der Waals surface area contributed by atoms with Crippen molar-refractivity contribution >= 4 is 18.3 Å². The van der Waals surface area contributed by atoms with Crippen molar-refractivity contribution in [2.75, 3.05) is 13.6 Å². The molecular weight excluding hydrogens is 276 g/mol. The quantitative estimate of drug-likeness (QED) is 0.867. The van der Waals surface area contributed by atoms with Crippen molar-refractivity contribution in [2.24, 2.45) is 11.7 Å². The molecule has 0 aromatic rings. The molecule has 0 aromatic carbocycles. The third-order valence-corrected chi connectivity index (χ3v) is 4.93. The summed E-state index contributed by atoms with van der Waals surface area (Å²) in [5.41, 5.74) is 5.60. The summed E-state index contributed by atoms with van der Waals surface area (Å²) >= 11 is 0. The zero-order chi connectivity index (χ0) is 13.8. The van der Waals surface area contributed by atoms with Crippen LogP contribution in [0.15, 0.2) is 0 Å². The second kappa shape index (κ2) is 8.20. The summed E-state index contributed by atoms with van der Waals surface area (Å²) in [6, 6.07) is 0.413. The van der Waals surface area contributed by atoms with Gasteiger partial charge in [-0.2, -0.15) is 0 Å². The number of hydrogen-bond donors (Lipinski definition) is 1. The van der Waals surface area contributed by atoms with Gasteiger partial charge in [-0.15, -0.1) is 12.4 Å². The van der Waals surface area contributed by atoms with Crippen molar-refractivity contribution in [3.63, 3.8) is 0 Å². The highest BCUT2D eigenvalue weighted by Crippen LogP contribution is 2.30. The third-order valence-electron chi connectivity index (χ3n) is 4.93. The third kappa shape index (κ3) is 4.09. The molecule has 1 amide bonds. The molecule has 0 aromatic heterocycles. The zero-order valence-electron chi connectivity index (χ0n) is 12.7. The molecule has 0 unspecified atom stereocenters. The van der Waals surface area contributed by atoms with Crippen LogP contribution in [0, 0.1) is 5.92 Å². The van der Waals surface area contributed by atoms with Gasteiger partial charge in [-0.3, -0.25) is 4.79 Å². The Morgan fingerprint density at radius 3 is 2.35 bits per heavy atom. The lowest BCUT2D eigenvalue weighted by Gasteiger charge is -2.35. The molecule has 0 bridgehead atoms. The molecule has 2 aliphatic rings. The lowest BCUT2D eigenvalue weighted by molar-refractivity contribution is -0.144. The molecule has 4 nitrogen and oxygen atoms in total. The highest BCUT2D eigenvalue weighted by Gasteiger charge is 2.34. The molecule has 1 heterocycles. The summed E-state index contributed by atoms with van der Waals surface area (Å²) in [5.74, 6) is 1.03. The van der Waals surface area contributed by atoms with Gasteiger partial charge < -0.3 is 15.4 Å². The number of carbonyl (C=O) groups is 1. The highest BCUT2D eigenvalue weighted by molar-refractivity contribution is 5.85. The van der Waals surface area contributed by atoms with E-state index in [9.17, 15) is 4.79 Å². The molecule has 2 atom stereocenters. The molecule has 0 spiro atoms. The Hall–Kier alpha value is -0.320. The van der Waals surface area contributed by atoms with Gasteiger partial charge >= 0.3 is 0 Å². The first kappa shape index (κ1) is 17.7. The van der Waals surface area contributed by atoms with Crippen LogP contribution in [-0.2, 0) is 9.53 Å². The Labute approximate surface area is 128 Å². The van der Waals surface area contributed by atoms with Crippen molar-refractivity contribution < 1.29 is 9.53 Å². The molecule has 0 radical (unpaired) electrons. The maximum atomic E-state index is 12.4. The van der Waals surface area contributed by atoms with E-state index in [2.05, 4.69) is 6.92 Å². The number of halogens is 1. The van der Waals surface area contributed by atoms with Crippen LogP contribution in [0.25, 0.3) is 0 Å². The molecule has 2 N–H and O–H groups in total. The van der Waals surface area contributed by atoms with E-state index in [-0.39, 0.29) is 30.5 Å². The van der Waals surface area contributed by atoms with Crippen molar-refractivity contribution in [1.82, 2.24) is 4.90 Å². The first-order valence-electron chi connectivity index (χ1n) is 7.77. The molecule has 118 valence electrons. The normalized spacial score (nSPS) is 33.5. The fourth-order valence-corrected chi connectivity index (χ4v) is 3.41. The van der Waals surface area contributed by atoms with Crippen LogP contribution in [0.3, 0.4) is 0 Å². The van der Waals surface area contributed by atoms with E-state index in [0.29, 0.717) is 12.6 Å². The smallest absolute Gasteiger partial charge is 0.251 e. The predicted octanol–water partition coefficient (Wildman–Crippen LogP) is 2.34. The van der Waals surface area contributed by atoms with Crippen LogP contribution in [0.4, 0.5) is 0 Å². The predicted molar refractivity (Wildman–Crippen MR) is 83.0 cm³/mol. The average molecular weight is 305 g/mol. The Morgan fingerprint density at radius 1 is 1.20 bits per heavy atom. The van der Waals surface area contributed by atoms with E-state index in [4.69, 9.17) is 10.5 Å². The second-order valence-corrected chi connectivity index (χ2v) is 6.09. The van der Waals surface area contributed by atoms with Gasteiger partial charge in [0.25, 0.3) is 5.91 Å². The standard InChI is InChI=1S/C15H28N2O2.ClH/c1-3-11-4-6-12(7-5-11)17(2)15(18)14-9-8-13(10-16)19-14;/h11-14H,3-10,16H2,1-2H3;1H/t11?,12?,13-,14+;/m1./s1. The van der Waals surface area contributed by atoms with Crippen LogP contribution in [0.1, 0.15) is 51.9 Å². The number of ether oxygens (including phenoxy) is 1. The van der Waals surface area contributed by atoms with Gasteiger partial charge in [-0.05, 0) is 44.4 Å². The number of rotatable bonds is 4. The minimum atomic E-state index is -0.248. The first-order chi connectivity index (χ1) is 9.15. The highest BCUT2D eigenvalue weighted by atomic mass is 35.5. The van der Waals surface area contributed by atoms with Crippen molar-refractivity contribution in [1.29, 1.82) is 0 Å².